The van der Waals surface area contributed by atoms with Crippen molar-refractivity contribution in [1.82, 2.24) is 10.2 Å². The van der Waals surface area contributed by atoms with E-state index in [0.29, 0.717) is 30.0 Å². The average Bonchev–Trinajstić information content (AvgIpc) is 2.88. The number of carbonyl (C=O) groups excluding carboxylic acids is 2. The number of hydrogen-bond acceptors (Lipinski definition) is 7. The van der Waals surface area contributed by atoms with Gasteiger partial charge in [-0.1, -0.05) is 18.2 Å². The molecule has 1 aliphatic rings. The second-order valence-electron chi connectivity index (χ2n) is 7.92. The number of aliphatic hydroxyl groups excluding tert-OH is 1. The Balaban J connectivity index is 1.60. The highest BCUT2D eigenvalue weighted by molar-refractivity contribution is 5.95. The van der Waals surface area contributed by atoms with E-state index in [1.165, 1.54) is 24.3 Å². The van der Waals surface area contributed by atoms with E-state index in [-0.39, 0.29) is 44.1 Å². The third-order valence-corrected chi connectivity index (χ3v) is 5.32. The van der Waals surface area contributed by atoms with Gasteiger partial charge >= 0.3 is 6.18 Å². The summed E-state index contributed by atoms with van der Waals surface area (Å²) in [5, 5.41) is 11.7. The van der Waals surface area contributed by atoms with Crippen LogP contribution in [0.5, 0.6) is 5.75 Å². The minimum absolute atomic E-state index is 0.109. The van der Waals surface area contributed by atoms with Gasteiger partial charge in [0.05, 0.1) is 25.9 Å². The molecule has 1 unspecified atom stereocenters. The molecule has 2 aromatic rings. The number of alkyl halides is 3. The second-order valence-corrected chi connectivity index (χ2v) is 7.92. The number of aliphatic imine (C=N–C) groups is 1. The molecule has 0 aliphatic carbocycles. The minimum Gasteiger partial charge on any atom is -0.491 e. The molecule has 194 valence electrons. The van der Waals surface area contributed by atoms with Crippen LogP contribution in [0.3, 0.4) is 0 Å². The molecule has 1 fully saturated rings. The molecule has 4 N–H and O–H groups in total. The van der Waals surface area contributed by atoms with E-state index >= 15 is 0 Å². The van der Waals surface area contributed by atoms with Crippen molar-refractivity contribution < 1.29 is 37.3 Å². The van der Waals surface area contributed by atoms with Gasteiger partial charge in [-0.15, -0.1) is 0 Å². The van der Waals surface area contributed by atoms with Crippen LogP contribution < -0.4 is 15.8 Å². The van der Waals surface area contributed by atoms with Gasteiger partial charge in [0.1, 0.15) is 24.7 Å². The summed E-state index contributed by atoms with van der Waals surface area (Å²) in [5.41, 5.74) is 6.63. The van der Waals surface area contributed by atoms with Crippen LogP contribution in [-0.4, -0.2) is 79.8 Å². The number of morpholine rings is 1. The van der Waals surface area contributed by atoms with Crippen molar-refractivity contribution in [1.29, 1.82) is 0 Å². The van der Waals surface area contributed by atoms with E-state index in [4.69, 9.17) is 20.3 Å². The SMILES string of the molecule is NC(/N=C/C(F)(F)F)c1ccc(C(=O)NC[C@H]2COCCN2C(=O)c2cccc(OCCO)c2)cc1. The third-order valence-electron chi connectivity index (χ3n) is 5.32. The largest absolute Gasteiger partial charge is 0.491 e. The molecule has 0 radical (unpaired) electrons. The molecular formula is C24H27F3N4O5. The van der Waals surface area contributed by atoms with Crippen LogP contribution in [0.1, 0.15) is 32.4 Å². The molecule has 12 heteroatoms. The molecule has 0 spiro atoms. The number of benzene rings is 2. The number of nitrogens with one attached hydrogen (secondary N) is 1. The maximum absolute atomic E-state index is 13.1. The first-order valence-electron chi connectivity index (χ1n) is 11.1. The molecule has 2 atom stereocenters. The molecule has 1 heterocycles. The van der Waals surface area contributed by atoms with Gasteiger partial charge in [-0.05, 0) is 35.9 Å². The maximum Gasteiger partial charge on any atom is 0.426 e. The zero-order chi connectivity index (χ0) is 26.1. The summed E-state index contributed by atoms with van der Waals surface area (Å²) in [5.74, 6) is -0.212. The van der Waals surface area contributed by atoms with E-state index in [1.807, 2.05) is 0 Å². The molecule has 1 saturated heterocycles. The fourth-order valence-corrected chi connectivity index (χ4v) is 3.53. The van der Waals surface area contributed by atoms with Crippen LogP contribution in [0.15, 0.2) is 53.5 Å². The Hall–Kier alpha value is -3.48. The second kappa shape index (κ2) is 12.5. The summed E-state index contributed by atoms with van der Waals surface area (Å²) < 4.78 is 47.7. The molecule has 1 aliphatic heterocycles. The fourth-order valence-electron chi connectivity index (χ4n) is 3.53. The molecular weight excluding hydrogens is 481 g/mol. The highest BCUT2D eigenvalue weighted by atomic mass is 19.4. The Bertz CT molecular complexity index is 1060. The van der Waals surface area contributed by atoms with Crippen LogP contribution in [0.25, 0.3) is 0 Å². The lowest BCUT2D eigenvalue weighted by molar-refractivity contribution is -0.0539. The van der Waals surface area contributed by atoms with E-state index in [9.17, 15) is 22.8 Å². The van der Waals surface area contributed by atoms with E-state index in [0.717, 1.165) is 0 Å². The zero-order valence-corrected chi connectivity index (χ0v) is 19.3. The first-order valence-corrected chi connectivity index (χ1v) is 11.1. The van der Waals surface area contributed by atoms with Crippen LogP contribution >= 0.6 is 0 Å². The number of nitrogens with zero attached hydrogens (tertiary/aromatic N) is 2. The number of halogens is 3. The van der Waals surface area contributed by atoms with Gasteiger partial charge in [-0.3, -0.25) is 14.6 Å². The first-order chi connectivity index (χ1) is 17.2. The number of aliphatic hydroxyl groups is 1. The average molecular weight is 508 g/mol. The summed E-state index contributed by atoms with van der Waals surface area (Å²) >= 11 is 0. The van der Waals surface area contributed by atoms with Gasteiger partial charge in [-0.2, -0.15) is 13.2 Å². The molecule has 0 aromatic heterocycles. The van der Waals surface area contributed by atoms with Crippen LogP contribution in [-0.2, 0) is 4.74 Å². The number of ether oxygens (including phenoxy) is 2. The molecule has 0 bridgehead atoms. The zero-order valence-electron chi connectivity index (χ0n) is 19.3. The quantitative estimate of drug-likeness (QED) is 0.445. The maximum atomic E-state index is 13.1. The Kier molecular flexibility index (Phi) is 9.39. The predicted molar refractivity (Wildman–Crippen MR) is 125 cm³/mol. The van der Waals surface area contributed by atoms with Crippen molar-refractivity contribution >= 4 is 18.0 Å². The molecule has 2 amide bonds. The molecule has 9 nitrogen and oxygen atoms in total. The Morgan fingerprint density at radius 3 is 2.69 bits per heavy atom. The van der Waals surface area contributed by atoms with Crippen LogP contribution in [0.4, 0.5) is 13.2 Å². The predicted octanol–water partition coefficient (Wildman–Crippen LogP) is 1.92. The van der Waals surface area contributed by atoms with Crippen molar-refractivity contribution in [3.63, 3.8) is 0 Å². The van der Waals surface area contributed by atoms with Crippen molar-refractivity contribution in [2.45, 2.75) is 18.4 Å². The number of carbonyl (C=O) groups is 2. The summed E-state index contributed by atoms with van der Waals surface area (Å²) in [6.45, 7) is 1.02. The lowest BCUT2D eigenvalue weighted by Crippen LogP contribution is -2.53. The Labute approximate surface area is 205 Å². The van der Waals surface area contributed by atoms with E-state index in [2.05, 4.69) is 10.3 Å². The summed E-state index contributed by atoms with van der Waals surface area (Å²) in [6, 6.07) is 11.9. The number of nitrogens with two attached hydrogens (primary N) is 1. The third kappa shape index (κ3) is 7.77. The summed E-state index contributed by atoms with van der Waals surface area (Å²) in [4.78, 5) is 30.6. The normalized spacial score (nSPS) is 17.1. The van der Waals surface area contributed by atoms with E-state index in [1.54, 1.807) is 29.2 Å². The number of hydrogen-bond donors (Lipinski definition) is 3. The monoisotopic (exact) mass is 508 g/mol. The van der Waals surface area contributed by atoms with Crippen molar-refractivity contribution in [2.24, 2.45) is 10.7 Å². The molecule has 0 saturated carbocycles. The van der Waals surface area contributed by atoms with Gasteiger partial charge in [0.2, 0.25) is 0 Å². The summed E-state index contributed by atoms with van der Waals surface area (Å²) in [7, 11) is 0. The van der Waals surface area contributed by atoms with Gasteiger partial charge in [0.25, 0.3) is 11.8 Å². The lowest BCUT2D eigenvalue weighted by Gasteiger charge is -2.35. The topological polar surface area (TPSA) is 126 Å². The van der Waals surface area contributed by atoms with Crippen LogP contribution in [0, 0.1) is 0 Å². The number of amides is 2. The van der Waals surface area contributed by atoms with Crippen molar-refractivity contribution in [3.05, 3.63) is 65.2 Å². The minimum atomic E-state index is -4.56. The smallest absolute Gasteiger partial charge is 0.426 e. The molecule has 2 aromatic carbocycles. The van der Waals surface area contributed by atoms with Gasteiger partial charge < -0.3 is 30.5 Å². The molecule has 36 heavy (non-hydrogen) atoms. The molecule has 3 rings (SSSR count). The highest BCUT2D eigenvalue weighted by Crippen LogP contribution is 2.19. The van der Waals surface area contributed by atoms with Gasteiger partial charge in [-0.25, -0.2) is 0 Å². The standard InChI is InChI=1S/C24H27F3N4O5/c25-24(26,27)15-30-21(28)16-4-6-17(7-5-16)22(33)29-13-19-14-35-10-8-31(19)23(34)18-2-1-3-20(12-18)36-11-9-32/h1-7,12,15,19,21,32H,8-11,13-14,28H2,(H,29,33)/b30-15+/t19-,21?/m0/s1. The number of rotatable bonds is 9. The Morgan fingerprint density at radius 2 is 2.00 bits per heavy atom. The lowest BCUT2D eigenvalue weighted by atomic mass is 10.1. The van der Waals surface area contributed by atoms with Crippen molar-refractivity contribution in [3.8, 4) is 5.75 Å². The first kappa shape index (κ1) is 27.1. The summed E-state index contributed by atoms with van der Waals surface area (Å²) in [6.07, 6.45) is -5.95. The highest BCUT2D eigenvalue weighted by Gasteiger charge is 2.29. The van der Waals surface area contributed by atoms with Gasteiger partial charge in [0, 0.05) is 24.2 Å². The van der Waals surface area contributed by atoms with Crippen LogP contribution in [0.2, 0.25) is 0 Å². The van der Waals surface area contributed by atoms with E-state index < -0.39 is 24.3 Å². The van der Waals surface area contributed by atoms with Crippen molar-refractivity contribution in [2.75, 3.05) is 39.5 Å². The Morgan fingerprint density at radius 1 is 1.25 bits per heavy atom. The fraction of sp³-hybridized carbons (Fsp3) is 0.375. The van der Waals surface area contributed by atoms with Gasteiger partial charge in [0.15, 0.2) is 0 Å².